The van der Waals surface area contributed by atoms with E-state index in [0.717, 1.165) is 24.0 Å². The van der Waals surface area contributed by atoms with Crippen molar-refractivity contribution in [3.63, 3.8) is 0 Å². The number of rotatable bonds is 6. The van der Waals surface area contributed by atoms with Crippen LogP contribution in [0.25, 0.3) is 6.08 Å². The van der Waals surface area contributed by atoms with Gasteiger partial charge in [-0.05, 0) is 35.7 Å². The van der Waals surface area contributed by atoms with Crippen LogP contribution in [0.5, 0.6) is 0 Å². The molecule has 2 aromatic rings. The maximum Gasteiger partial charge on any atom is 0.251 e. The molecule has 3 nitrogen and oxygen atoms in total. The minimum absolute atomic E-state index is 0.0667. The topological polar surface area (TPSA) is 42.0 Å². The summed E-state index contributed by atoms with van der Waals surface area (Å²) in [5.74, 6) is -0.0667. The van der Waals surface area contributed by atoms with E-state index in [1.165, 1.54) is 0 Å². The van der Waals surface area contributed by atoms with Crippen LogP contribution in [-0.2, 0) is 6.54 Å². The first kappa shape index (κ1) is 15.0. The van der Waals surface area contributed by atoms with Gasteiger partial charge in [-0.2, -0.15) is 0 Å². The standard InChI is InChI=1S/C18H20N2O/c1-2-3-4-6-15-8-10-17(11-9-15)18(21)20-14-16-7-5-12-19-13-16/h4-13H,2-3,14H2,1H3,(H,20,21)/b6-4+. The van der Waals surface area contributed by atoms with Gasteiger partial charge in [-0.3, -0.25) is 9.78 Å². The summed E-state index contributed by atoms with van der Waals surface area (Å²) in [6.07, 6.45) is 9.93. The summed E-state index contributed by atoms with van der Waals surface area (Å²) in [5.41, 5.74) is 2.78. The highest BCUT2D eigenvalue weighted by Crippen LogP contribution is 2.07. The van der Waals surface area contributed by atoms with E-state index in [2.05, 4.69) is 29.4 Å². The van der Waals surface area contributed by atoms with Gasteiger partial charge in [-0.1, -0.05) is 43.7 Å². The van der Waals surface area contributed by atoms with Crippen LogP contribution in [0.3, 0.4) is 0 Å². The van der Waals surface area contributed by atoms with E-state index in [0.29, 0.717) is 12.1 Å². The van der Waals surface area contributed by atoms with Crippen molar-refractivity contribution >= 4 is 12.0 Å². The average Bonchev–Trinajstić information content (AvgIpc) is 2.54. The minimum Gasteiger partial charge on any atom is -0.348 e. The third-order valence-corrected chi connectivity index (χ3v) is 3.11. The van der Waals surface area contributed by atoms with E-state index in [9.17, 15) is 4.79 Å². The van der Waals surface area contributed by atoms with Gasteiger partial charge in [0, 0.05) is 24.5 Å². The van der Waals surface area contributed by atoms with Crippen molar-refractivity contribution in [1.82, 2.24) is 10.3 Å². The van der Waals surface area contributed by atoms with E-state index in [4.69, 9.17) is 0 Å². The third-order valence-electron chi connectivity index (χ3n) is 3.11. The van der Waals surface area contributed by atoms with E-state index >= 15 is 0 Å². The zero-order chi connectivity index (χ0) is 14.9. The number of allylic oxidation sites excluding steroid dienone is 1. The molecule has 0 unspecified atom stereocenters. The molecular weight excluding hydrogens is 260 g/mol. The number of hydrogen-bond donors (Lipinski definition) is 1. The number of benzene rings is 1. The Morgan fingerprint density at radius 3 is 2.71 bits per heavy atom. The molecule has 0 aliphatic heterocycles. The predicted molar refractivity (Wildman–Crippen MR) is 85.8 cm³/mol. The van der Waals surface area contributed by atoms with Gasteiger partial charge in [0.1, 0.15) is 0 Å². The van der Waals surface area contributed by atoms with Crippen molar-refractivity contribution in [2.45, 2.75) is 26.3 Å². The summed E-state index contributed by atoms with van der Waals surface area (Å²) in [6, 6.07) is 11.4. The van der Waals surface area contributed by atoms with Crippen LogP contribution in [0, 0.1) is 0 Å². The lowest BCUT2D eigenvalue weighted by Gasteiger charge is -2.05. The first-order chi connectivity index (χ1) is 10.3. The van der Waals surface area contributed by atoms with Gasteiger partial charge in [0.15, 0.2) is 0 Å². The van der Waals surface area contributed by atoms with Gasteiger partial charge < -0.3 is 5.32 Å². The van der Waals surface area contributed by atoms with Crippen molar-refractivity contribution in [2.24, 2.45) is 0 Å². The molecule has 0 spiro atoms. The number of unbranched alkanes of at least 4 members (excludes halogenated alkanes) is 1. The molecule has 21 heavy (non-hydrogen) atoms. The quantitative estimate of drug-likeness (QED) is 0.874. The molecule has 1 heterocycles. The summed E-state index contributed by atoms with van der Waals surface area (Å²) in [6.45, 7) is 2.64. The minimum atomic E-state index is -0.0667. The zero-order valence-corrected chi connectivity index (χ0v) is 12.3. The molecular formula is C18H20N2O. The fraction of sp³-hybridized carbons (Fsp3) is 0.222. The highest BCUT2D eigenvalue weighted by atomic mass is 16.1. The Balaban J connectivity index is 1.90. The summed E-state index contributed by atoms with van der Waals surface area (Å²) in [5, 5.41) is 2.89. The monoisotopic (exact) mass is 280 g/mol. The van der Waals surface area contributed by atoms with Gasteiger partial charge in [-0.25, -0.2) is 0 Å². The largest absolute Gasteiger partial charge is 0.348 e. The molecule has 0 radical (unpaired) electrons. The summed E-state index contributed by atoms with van der Waals surface area (Å²) in [4.78, 5) is 16.1. The second-order valence-corrected chi connectivity index (χ2v) is 4.86. The summed E-state index contributed by atoms with van der Waals surface area (Å²) in [7, 11) is 0. The number of pyridine rings is 1. The molecule has 1 amide bonds. The Hall–Kier alpha value is -2.42. The summed E-state index contributed by atoms with van der Waals surface area (Å²) >= 11 is 0. The highest BCUT2D eigenvalue weighted by Gasteiger charge is 2.04. The molecule has 0 saturated heterocycles. The molecule has 0 bridgehead atoms. The maximum atomic E-state index is 12.0. The van der Waals surface area contributed by atoms with Crippen LogP contribution in [0.4, 0.5) is 0 Å². The van der Waals surface area contributed by atoms with Crippen molar-refractivity contribution in [1.29, 1.82) is 0 Å². The molecule has 0 fully saturated rings. The van der Waals surface area contributed by atoms with Gasteiger partial charge in [0.05, 0.1) is 0 Å². The summed E-state index contributed by atoms with van der Waals surface area (Å²) < 4.78 is 0. The normalized spacial score (nSPS) is 10.7. The Labute approximate surface area is 125 Å². The Kier molecular flexibility index (Phi) is 5.71. The lowest BCUT2D eigenvalue weighted by molar-refractivity contribution is 0.0951. The SMILES string of the molecule is CCC/C=C/c1ccc(C(=O)NCc2cccnc2)cc1. The van der Waals surface area contributed by atoms with Crippen LogP contribution in [0.15, 0.2) is 54.9 Å². The smallest absolute Gasteiger partial charge is 0.251 e. The molecule has 1 aromatic carbocycles. The fourth-order valence-electron chi connectivity index (χ4n) is 1.92. The third kappa shape index (κ3) is 4.88. The average molecular weight is 280 g/mol. The van der Waals surface area contributed by atoms with Gasteiger partial charge in [-0.15, -0.1) is 0 Å². The van der Waals surface area contributed by atoms with Crippen LogP contribution < -0.4 is 5.32 Å². The van der Waals surface area contributed by atoms with Gasteiger partial charge >= 0.3 is 0 Å². The van der Waals surface area contributed by atoms with E-state index in [-0.39, 0.29) is 5.91 Å². The molecule has 0 aliphatic carbocycles. The van der Waals surface area contributed by atoms with Crippen LogP contribution >= 0.6 is 0 Å². The molecule has 2 rings (SSSR count). The molecule has 1 aromatic heterocycles. The lowest BCUT2D eigenvalue weighted by atomic mass is 10.1. The number of hydrogen-bond acceptors (Lipinski definition) is 2. The van der Waals surface area contributed by atoms with Crippen LogP contribution in [0.1, 0.15) is 41.3 Å². The molecule has 1 N–H and O–H groups in total. The zero-order valence-electron chi connectivity index (χ0n) is 12.3. The predicted octanol–water partition coefficient (Wildman–Crippen LogP) is 3.82. The number of carbonyl (C=O) groups excluding carboxylic acids is 1. The van der Waals surface area contributed by atoms with Crippen molar-refractivity contribution in [2.75, 3.05) is 0 Å². The highest BCUT2D eigenvalue weighted by molar-refractivity contribution is 5.94. The van der Waals surface area contributed by atoms with Gasteiger partial charge in [0.25, 0.3) is 5.91 Å². The van der Waals surface area contributed by atoms with Crippen LogP contribution in [0.2, 0.25) is 0 Å². The lowest BCUT2D eigenvalue weighted by Crippen LogP contribution is -2.22. The number of nitrogens with zero attached hydrogens (tertiary/aromatic N) is 1. The van der Waals surface area contributed by atoms with E-state index in [1.807, 2.05) is 36.4 Å². The molecule has 0 atom stereocenters. The van der Waals surface area contributed by atoms with Crippen molar-refractivity contribution < 1.29 is 4.79 Å². The molecule has 0 saturated carbocycles. The molecule has 3 heteroatoms. The molecule has 0 aliphatic rings. The second kappa shape index (κ2) is 8.00. The van der Waals surface area contributed by atoms with Crippen molar-refractivity contribution in [3.05, 3.63) is 71.6 Å². The Morgan fingerprint density at radius 2 is 2.05 bits per heavy atom. The van der Waals surface area contributed by atoms with Crippen LogP contribution in [-0.4, -0.2) is 10.9 Å². The Bertz CT molecular complexity index is 588. The fourth-order valence-corrected chi connectivity index (χ4v) is 1.92. The number of nitrogens with one attached hydrogen (secondary N) is 1. The van der Waals surface area contributed by atoms with Gasteiger partial charge in [0.2, 0.25) is 0 Å². The number of amides is 1. The van der Waals surface area contributed by atoms with E-state index < -0.39 is 0 Å². The number of aromatic nitrogens is 1. The second-order valence-electron chi connectivity index (χ2n) is 4.86. The maximum absolute atomic E-state index is 12.0. The molecule has 108 valence electrons. The van der Waals surface area contributed by atoms with Crippen molar-refractivity contribution in [3.8, 4) is 0 Å². The first-order valence-electron chi connectivity index (χ1n) is 7.23. The van der Waals surface area contributed by atoms with E-state index in [1.54, 1.807) is 12.4 Å². The Morgan fingerprint density at radius 1 is 1.24 bits per heavy atom. The number of carbonyl (C=O) groups is 1. The first-order valence-corrected chi connectivity index (χ1v) is 7.23.